The van der Waals surface area contributed by atoms with Crippen LogP contribution in [-0.2, 0) is 37.0 Å². The van der Waals surface area contributed by atoms with Gasteiger partial charge in [0.2, 0.25) is 11.8 Å². The van der Waals surface area contributed by atoms with Crippen molar-refractivity contribution in [3.05, 3.63) is 97.1 Å². The number of carbonyl (C=O) groups excluding carboxylic acids is 4. The molecule has 0 saturated carbocycles. The molecule has 1 aliphatic heterocycles. The molecule has 2 aromatic rings. The number of rotatable bonds is 17. The van der Waals surface area contributed by atoms with E-state index in [1.54, 1.807) is 15.9 Å². The van der Waals surface area contributed by atoms with Gasteiger partial charge in [-0.25, -0.2) is 9.59 Å². The minimum absolute atomic E-state index is 0.0306. The Kier molecular flexibility index (Phi) is 14.1. The molecule has 3 unspecified atom stereocenters. The van der Waals surface area contributed by atoms with E-state index in [1.165, 1.54) is 6.08 Å². The van der Waals surface area contributed by atoms with Crippen LogP contribution >= 0.6 is 0 Å². The van der Waals surface area contributed by atoms with E-state index >= 15 is 0 Å². The number of aliphatic hydroxyl groups excluding tert-OH is 1. The summed E-state index contributed by atoms with van der Waals surface area (Å²) < 4.78 is 10.8. The van der Waals surface area contributed by atoms with Crippen LogP contribution in [0, 0.1) is 5.92 Å². The fourth-order valence-electron chi connectivity index (χ4n) is 5.13. The van der Waals surface area contributed by atoms with Gasteiger partial charge < -0.3 is 29.7 Å². The Morgan fingerprint density at radius 2 is 1.64 bits per heavy atom. The molecule has 10 nitrogen and oxygen atoms in total. The second-order valence-electron chi connectivity index (χ2n) is 10.7. The molecule has 1 saturated heterocycles. The molecule has 0 spiro atoms. The van der Waals surface area contributed by atoms with Crippen molar-refractivity contribution < 1.29 is 33.8 Å². The van der Waals surface area contributed by atoms with E-state index in [0.29, 0.717) is 25.9 Å². The summed E-state index contributed by atoms with van der Waals surface area (Å²) in [7, 11) is 0. The number of hydrogen-bond acceptors (Lipinski definition) is 7. The van der Waals surface area contributed by atoms with Crippen molar-refractivity contribution in [2.75, 3.05) is 26.3 Å². The summed E-state index contributed by atoms with van der Waals surface area (Å²) in [5, 5.41) is 12.1. The Morgan fingerprint density at radius 1 is 0.977 bits per heavy atom. The molecule has 0 bridgehead atoms. The number of esters is 1. The van der Waals surface area contributed by atoms with Gasteiger partial charge in [-0.3, -0.25) is 9.59 Å². The van der Waals surface area contributed by atoms with Crippen LogP contribution in [-0.4, -0.2) is 77.2 Å². The maximum atomic E-state index is 13.7. The summed E-state index contributed by atoms with van der Waals surface area (Å²) >= 11 is 0. The Labute approximate surface area is 259 Å². The lowest BCUT2D eigenvalue weighted by Crippen LogP contribution is -2.46. The highest BCUT2D eigenvalue weighted by molar-refractivity contribution is 5.86. The molecule has 2 N–H and O–H groups in total. The van der Waals surface area contributed by atoms with Gasteiger partial charge in [0, 0.05) is 26.1 Å². The van der Waals surface area contributed by atoms with Crippen LogP contribution < -0.4 is 5.32 Å². The smallest absolute Gasteiger partial charge is 0.408 e. The van der Waals surface area contributed by atoms with Gasteiger partial charge in [0.15, 0.2) is 0 Å². The first kappa shape index (κ1) is 34.1. The number of benzene rings is 2. The van der Waals surface area contributed by atoms with Crippen LogP contribution in [0.5, 0.6) is 0 Å². The van der Waals surface area contributed by atoms with Gasteiger partial charge in [-0.15, -0.1) is 13.2 Å². The number of amides is 3. The zero-order valence-electron chi connectivity index (χ0n) is 25.1. The first-order chi connectivity index (χ1) is 21.4. The van der Waals surface area contributed by atoms with Crippen molar-refractivity contribution in [2.24, 2.45) is 5.92 Å². The largest absolute Gasteiger partial charge is 0.462 e. The fourth-order valence-corrected chi connectivity index (χ4v) is 5.13. The SMILES string of the molecule is C=CCC(CC(=O)N(CCO)Cc1ccccc1)C(=O)N1CCCC1COC(=O)C(CC=C)NC(=O)OCc1ccccc1. The standard InChI is InChI=1S/C34H43N3O7/c1-3-12-28(22-31(39)36(20-21-38)23-26-14-7-5-8-15-26)32(40)37-19-11-18-29(37)25-43-33(41)30(13-4-2)35-34(42)44-24-27-16-9-6-10-17-27/h3-10,14-17,28-30,38H,1-2,11-13,18-25H2,(H,35,42). The van der Waals surface area contributed by atoms with Crippen molar-refractivity contribution >= 4 is 23.9 Å². The normalized spacial score (nSPS) is 15.5. The third-order valence-corrected chi connectivity index (χ3v) is 7.43. The zero-order chi connectivity index (χ0) is 31.7. The molecule has 2 aromatic carbocycles. The Bertz CT molecular complexity index is 1240. The number of nitrogens with zero attached hydrogens (tertiary/aromatic N) is 2. The van der Waals surface area contributed by atoms with Crippen LogP contribution in [0.4, 0.5) is 4.79 Å². The quantitative estimate of drug-likeness (QED) is 0.206. The summed E-state index contributed by atoms with van der Waals surface area (Å²) in [4.78, 5) is 55.4. The summed E-state index contributed by atoms with van der Waals surface area (Å²) in [6.07, 6.45) is 4.16. The summed E-state index contributed by atoms with van der Waals surface area (Å²) in [5.74, 6) is -1.73. The second-order valence-corrected chi connectivity index (χ2v) is 10.7. The van der Waals surface area contributed by atoms with Crippen LogP contribution in [0.3, 0.4) is 0 Å². The highest BCUT2D eigenvalue weighted by Gasteiger charge is 2.35. The number of likely N-dealkylation sites (tertiary alicyclic amines) is 1. The van der Waals surface area contributed by atoms with E-state index in [-0.39, 0.29) is 57.1 Å². The molecule has 3 atom stereocenters. The van der Waals surface area contributed by atoms with Crippen molar-refractivity contribution in [1.29, 1.82) is 0 Å². The van der Waals surface area contributed by atoms with Gasteiger partial charge >= 0.3 is 12.1 Å². The van der Waals surface area contributed by atoms with Gasteiger partial charge in [0.25, 0.3) is 0 Å². The molecule has 0 radical (unpaired) electrons. The Balaban J connectivity index is 1.57. The number of alkyl carbamates (subject to hydrolysis) is 1. The molecule has 1 aliphatic rings. The molecule has 236 valence electrons. The average Bonchev–Trinajstić information content (AvgIpc) is 3.51. The predicted octanol–water partition coefficient (Wildman–Crippen LogP) is 4.00. The fraction of sp³-hybridized carbons (Fsp3) is 0.412. The lowest BCUT2D eigenvalue weighted by atomic mass is 9.98. The maximum absolute atomic E-state index is 13.7. The minimum atomic E-state index is -0.991. The molecule has 1 fully saturated rings. The Morgan fingerprint density at radius 3 is 2.27 bits per heavy atom. The number of carbonyl (C=O) groups is 4. The van der Waals surface area contributed by atoms with Gasteiger partial charge in [0.1, 0.15) is 19.3 Å². The van der Waals surface area contributed by atoms with Crippen molar-refractivity contribution in [2.45, 2.75) is 57.3 Å². The van der Waals surface area contributed by atoms with Crippen molar-refractivity contribution in [1.82, 2.24) is 15.1 Å². The van der Waals surface area contributed by atoms with Crippen LogP contribution in [0.15, 0.2) is 86.0 Å². The first-order valence-corrected chi connectivity index (χ1v) is 14.9. The molecule has 10 heteroatoms. The number of allylic oxidation sites excluding steroid dienone is 1. The van der Waals surface area contributed by atoms with Crippen molar-refractivity contribution in [3.8, 4) is 0 Å². The summed E-state index contributed by atoms with van der Waals surface area (Å²) in [5.41, 5.74) is 1.74. The molecule has 0 aliphatic carbocycles. The minimum Gasteiger partial charge on any atom is -0.462 e. The highest BCUT2D eigenvalue weighted by Crippen LogP contribution is 2.24. The van der Waals surface area contributed by atoms with E-state index in [0.717, 1.165) is 17.5 Å². The number of nitrogens with one attached hydrogen (secondary N) is 1. The molecule has 0 aromatic heterocycles. The average molecular weight is 606 g/mol. The maximum Gasteiger partial charge on any atom is 0.408 e. The molecule has 1 heterocycles. The van der Waals surface area contributed by atoms with Gasteiger partial charge in [0.05, 0.1) is 18.6 Å². The molecule has 3 rings (SSSR count). The third-order valence-electron chi connectivity index (χ3n) is 7.43. The van der Waals surface area contributed by atoms with Gasteiger partial charge in [-0.2, -0.15) is 0 Å². The van der Waals surface area contributed by atoms with E-state index < -0.39 is 24.0 Å². The van der Waals surface area contributed by atoms with Crippen LogP contribution in [0.25, 0.3) is 0 Å². The molecular weight excluding hydrogens is 562 g/mol. The zero-order valence-corrected chi connectivity index (χ0v) is 25.1. The van der Waals surface area contributed by atoms with E-state index in [9.17, 15) is 24.3 Å². The van der Waals surface area contributed by atoms with Crippen LogP contribution in [0.1, 0.15) is 43.2 Å². The van der Waals surface area contributed by atoms with E-state index in [4.69, 9.17) is 9.47 Å². The van der Waals surface area contributed by atoms with E-state index in [1.807, 2.05) is 60.7 Å². The van der Waals surface area contributed by atoms with Crippen molar-refractivity contribution in [3.63, 3.8) is 0 Å². The summed E-state index contributed by atoms with van der Waals surface area (Å²) in [6, 6.07) is 17.3. The number of hydrogen-bond donors (Lipinski definition) is 2. The predicted molar refractivity (Wildman–Crippen MR) is 166 cm³/mol. The molecular formula is C34H43N3O7. The lowest BCUT2D eigenvalue weighted by Gasteiger charge is -2.30. The van der Waals surface area contributed by atoms with Gasteiger partial charge in [-0.1, -0.05) is 72.8 Å². The monoisotopic (exact) mass is 605 g/mol. The number of ether oxygens (including phenoxy) is 2. The lowest BCUT2D eigenvalue weighted by molar-refractivity contribution is -0.150. The molecule has 3 amide bonds. The second kappa shape index (κ2) is 18.3. The van der Waals surface area contributed by atoms with Gasteiger partial charge in [-0.05, 0) is 36.8 Å². The number of aliphatic hydroxyl groups is 1. The topological polar surface area (TPSA) is 125 Å². The first-order valence-electron chi connectivity index (χ1n) is 14.9. The van der Waals surface area contributed by atoms with Crippen LogP contribution in [0.2, 0.25) is 0 Å². The molecule has 44 heavy (non-hydrogen) atoms. The highest BCUT2D eigenvalue weighted by atomic mass is 16.6. The van der Waals surface area contributed by atoms with E-state index in [2.05, 4.69) is 18.5 Å². The Hall–Kier alpha value is -4.44. The summed E-state index contributed by atoms with van der Waals surface area (Å²) in [6.45, 7) is 8.23. The third kappa shape index (κ3) is 10.7.